The second-order valence-corrected chi connectivity index (χ2v) is 3.83. The molecule has 0 N–H and O–H groups in total. The van der Waals surface area contributed by atoms with Crippen LogP contribution in [0.3, 0.4) is 0 Å². The molecule has 0 aromatic heterocycles. The third-order valence-corrected chi connectivity index (χ3v) is 3.24. The Morgan fingerprint density at radius 3 is 2.90 bits per heavy atom. The van der Waals surface area contributed by atoms with Crippen LogP contribution < -0.4 is 0 Å². The van der Waals surface area contributed by atoms with Crippen molar-refractivity contribution in [3.63, 3.8) is 0 Å². The van der Waals surface area contributed by atoms with Crippen LogP contribution in [0.4, 0.5) is 0 Å². The van der Waals surface area contributed by atoms with Crippen LogP contribution in [0.25, 0.3) is 0 Å². The smallest absolute Gasteiger partial charge is 0.0646 e. The highest BCUT2D eigenvalue weighted by Gasteiger charge is 2.44. The van der Waals surface area contributed by atoms with Crippen LogP contribution in [0.1, 0.15) is 12.8 Å². The fourth-order valence-electron chi connectivity index (χ4n) is 2.73. The number of ether oxygens (including phenoxy) is 1. The van der Waals surface area contributed by atoms with Crippen molar-refractivity contribution < 1.29 is 4.74 Å². The molecule has 54 valence electrons. The Morgan fingerprint density at radius 1 is 1.20 bits per heavy atom. The first-order valence-electron chi connectivity index (χ1n) is 4.23. The molecule has 1 saturated carbocycles. The fraction of sp³-hybridized carbons (Fsp3) is 0.778. The van der Waals surface area contributed by atoms with E-state index in [1.54, 1.807) is 0 Å². The molecule has 1 saturated heterocycles. The predicted molar refractivity (Wildman–Crippen MR) is 38.6 cm³/mol. The van der Waals surface area contributed by atoms with E-state index in [4.69, 9.17) is 4.74 Å². The van der Waals surface area contributed by atoms with Gasteiger partial charge in [0, 0.05) is 5.92 Å². The van der Waals surface area contributed by atoms with E-state index in [2.05, 4.69) is 12.2 Å². The van der Waals surface area contributed by atoms with Gasteiger partial charge in [0.05, 0.1) is 12.7 Å². The predicted octanol–water partition coefficient (Wildman–Crippen LogP) is 1.60. The standard InChI is InChI=1S/C9H12O/c1-2-8-7-3-6(1)4-9(8)10-5-7/h1-2,6-9H,3-5H2. The quantitative estimate of drug-likeness (QED) is 0.459. The Kier molecular flexibility index (Phi) is 0.883. The fourth-order valence-corrected chi connectivity index (χ4v) is 2.73. The zero-order valence-corrected chi connectivity index (χ0v) is 5.99. The van der Waals surface area contributed by atoms with E-state index >= 15 is 0 Å². The number of hydrogen-bond acceptors (Lipinski definition) is 1. The maximum absolute atomic E-state index is 5.66. The highest BCUT2D eigenvalue weighted by molar-refractivity contribution is 5.12. The SMILES string of the molecule is C1=CC2C3COC2CC1C3. The highest BCUT2D eigenvalue weighted by atomic mass is 16.5. The molecule has 1 nitrogen and oxygen atoms in total. The molecule has 0 spiro atoms. The van der Waals surface area contributed by atoms with Gasteiger partial charge in [-0.15, -0.1) is 0 Å². The molecule has 2 fully saturated rings. The molecule has 4 rings (SSSR count). The summed E-state index contributed by atoms with van der Waals surface area (Å²) in [6.07, 6.45) is 8.09. The van der Waals surface area contributed by atoms with Gasteiger partial charge in [-0.2, -0.15) is 0 Å². The summed E-state index contributed by atoms with van der Waals surface area (Å²) in [7, 11) is 0. The molecule has 3 aliphatic carbocycles. The van der Waals surface area contributed by atoms with Crippen LogP contribution in [0.5, 0.6) is 0 Å². The van der Waals surface area contributed by atoms with E-state index in [0.717, 1.165) is 24.4 Å². The van der Waals surface area contributed by atoms with Crippen molar-refractivity contribution in [3.8, 4) is 0 Å². The minimum atomic E-state index is 0.605. The second-order valence-electron chi connectivity index (χ2n) is 3.83. The van der Waals surface area contributed by atoms with Gasteiger partial charge >= 0.3 is 0 Å². The highest BCUT2D eigenvalue weighted by Crippen LogP contribution is 2.46. The topological polar surface area (TPSA) is 9.23 Å². The largest absolute Gasteiger partial charge is 0.377 e. The van der Waals surface area contributed by atoms with E-state index in [1.165, 1.54) is 12.8 Å². The summed E-state index contributed by atoms with van der Waals surface area (Å²) in [6, 6.07) is 0. The Labute approximate surface area is 61.1 Å². The van der Waals surface area contributed by atoms with Gasteiger partial charge in [-0.3, -0.25) is 0 Å². The van der Waals surface area contributed by atoms with Crippen molar-refractivity contribution in [2.45, 2.75) is 18.9 Å². The average Bonchev–Trinajstić information content (AvgIpc) is 2.29. The van der Waals surface area contributed by atoms with Gasteiger partial charge in [-0.1, -0.05) is 12.2 Å². The zero-order chi connectivity index (χ0) is 6.55. The molecule has 0 aromatic carbocycles. The van der Waals surface area contributed by atoms with Crippen molar-refractivity contribution in [1.82, 2.24) is 0 Å². The number of allylic oxidation sites excluding steroid dienone is 1. The van der Waals surface area contributed by atoms with Crippen LogP contribution in [0.15, 0.2) is 12.2 Å². The van der Waals surface area contributed by atoms with E-state index < -0.39 is 0 Å². The lowest BCUT2D eigenvalue weighted by atomic mass is 9.70. The van der Waals surface area contributed by atoms with Crippen LogP contribution in [-0.4, -0.2) is 12.7 Å². The lowest BCUT2D eigenvalue weighted by molar-refractivity contribution is 0.0808. The van der Waals surface area contributed by atoms with Crippen molar-refractivity contribution >= 4 is 0 Å². The summed E-state index contributed by atoms with van der Waals surface area (Å²) in [5.74, 6) is 2.54. The molecule has 0 radical (unpaired) electrons. The number of hydrogen-bond donors (Lipinski definition) is 0. The van der Waals surface area contributed by atoms with Crippen LogP contribution >= 0.6 is 0 Å². The molecule has 1 heterocycles. The van der Waals surface area contributed by atoms with Gasteiger partial charge in [-0.25, -0.2) is 0 Å². The normalized spacial score (nSPS) is 56.0. The maximum atomic E-state index is 5.66. The van der Waals surface area contributed by atoms with Crippen LogP contribution in [0, 0.1) is 17.8 Å². The van der Waals surface area contributed by atoms with Crippen molar-refractivity contribution in [3.05, 3.63) is 12.2 Å². The Bertz CT molecular complexity index is 171. The van der Waals surface area contributed by atoms with Gasteiger partial charge in [0.15, 0.2) is 0 Å². The van der Waals surface area contributed by atoms with Crippen LogP contribution in [-0.2, 0) is 4.74 Å². The summed E-state index contributed by atoms with van der Waals surface area (Å²) >= 11 is 0. The molecule has 4 atom stereocenters. The Morgan fingerprint density at radius 2 is 2.20 bits per heavy atom. The molecular formula is C9H12O. The van der Waals surface area contributed by atoms with E-state index in [-0.39, 0.29) is 0 Å². The van der Waals surface area contributed by atoms with Gasteiger partial charge in [-0.05, 0) is 24.7 Å². The van der Waals surface area contributed by atoms with E-state index in [9.17, 15) is 0 Å². The molecule has 0 amide bonds. The van der Waals surface area contributed by atoms with Gasteiger partial charge in [0.1, 0.15) is 0 Å². The summed E-state index contributed by atoms with van der Waals surface area (Å²) in [6.45, 7) is 1.04. The van der Waals surface area contributed by atoms with Crippen molar-refractivity contribution in [2.24, 2.45) is 17.8 Å². The zero-order valence-electron chi connectivity index (χ0n) is 5.99. The van der Waals surface area contributed by atoms with Gasteiger partial charge in [0.2, 0.25) is 0 Å². The molecule has 10 heavy (non-hydrogen) atoms. The van der Waals surface area contributed by atoms with Gasteiger partial charge in [0.25, 0.3) is 0 Å². The molecule has 4 aliphatic rings. The molecule has 1 heteroatoms. The summed E-state index contributed by atoms with van der Waals surface area (Å²) in [5, 5.41) is 0. The first kappa shape index (κ1) is 5.36. The first-order valence-corrected chi connectivity index (χ1v) is 4.23. The third kappa shape index (κ3) is 0.523. The maximum Gasteiger partial charge on any atom is 0.0646 e. The van der Waals surface area contributed by atoms with Gasteiger partial charge < -0.3 is 4.74 Å². The molecular weight excluding hydrogens is 124 g/mol. The summed E-state index contributed by atoms with van der Waals surface area (Å²) in [5.41, 5.74) is 0. The van der Waals surface area contributed by atoms with Crippen molar-refractivity contribution in [1.29, 1.82) is 0 Å². The summed E-state index contributed by atoms with van der Waals surface area (Å²) in [4.78, 5) is 0. The average molecular weight is 136 g/mol. The minimum absolute atomic E-state index is 0.605. The molecule has 1 aliphatic heterocycles. The first-order chi connectivity index (χ1) is 4.93. The summed E-state index contributed by atoms with van der Waals surface area (Å²) < 4.78 is 5.66. The van der Waals surface area contributed by atoms with E-state index in [1.807, 2.05) is 0 Å². The monoisotopic (exact) mass is 136 g/mol. The lowest BCUT2D eigenvalue weighted by Crippen LogP contribution is -2.32. The number of rotatable bonds is 0. The second kappa shape index (κ2) is 1.65. The van der Waals surface area contributed by atoms with Crippen molar-refractivity contribution in [2.75, 3.05) is 6.61 Å². The third-order valence-electron chi connectivity index (χ3n) is 3.24. The Balaban J connectivity index is 2.05. The lowest BCUT2D eigenvalue weighted by Gasteiger charge is -2.34. The molecule has 4 unspecified atom stereocenters. The molecule has 4 bridgehead atoms. The molecule has 0 aromatic rings. The van der Waals surface area contributed by atoms with Crippen LogP contribution in [0.2, 0.25) is 0 Å². The Hall–Kier alpha value is -0.300. The van der Waals surface area contributed by atoms with E-state index in [0.29, 0.717) is 6.10 Å². The minimum Gasteiger partial charge on any atom is -0.377 e.